The maximum absolute atomic E-state index is 9.70. The predicted octanol–water partition coefficient (Wildman–Crippen LogP) is 5.58. The number of nitriles is 1. The first-order valence-electron chi connectivity index (χ1n) is 9.65. The first-order valence-corrected chi connectivity index (χ1v) is 9.65. The number of rotatable bonds is 3. The van der Waals surface area contributed by atoms with E-state index in [1.54, 1.807) is 0 Å². The molecule has 1 rings (SSSR count). The van der Waals surface area contributed by atoms with E-state index in [0.717, 1.165) is 7.41 Å². The second-order valence-electron chi connectivity index (χ2n) is 9.71. The molecule has 0 amide bonds. The van der Waals surface area contributed by atoms with Crippen LogP contribution in [-0.2, 0) is 0 Å². The highest BCUT2D eigenvalue weighted by Crippen LogP contribution is 2.56. The van der Waals surface area contributed by atoms with Gasteiger partial charge >= 0.3 is 0 Å². The second-order valence-corrected chi connectivity index (χ2v) is 9.71. The van der Waals surface area contributed by atoms with Crippen LogP contribution in [-0.4, -0.2) is 7.41 Å². The van der Waals surface area contributed by atoms with Gasteiger partial charge in [-0.05, 0) is 42.8 Å². The van der Waals surface area contributed by atoms with Crippen LogP contribution in [0.2, 0.25) is 5.31 Å². The van der Waals surface area contributed by atoms with E-state index in [9.17, 15) is 5.26 Å². The molecule has 2 unspecified atom stereocenters. The first kappa shape index (κ1) is 20.6. The smallest absolute Gasteiger partial charge is 0.204 e. The van der Waals surface area contributed by atoms with E-state index in [-0.39, 0.29) is 16.2 Å². The number of nitrogens with two attached hydrogens (primary N) is 1. The standard InChI is InChI=1S/C20H39BN2/c1-17(2,16-22)18(3,4)19(5)12-9-7-8-10-14-20(6,21-23)15-11-13-19/h21H,7-15,23H2,1-6H3. The molecule has 132 valence electrons. The molecule has 3 heteroatoms. The molecule has 1 aliphatic rings. The summed E-state index contributed by atoms with van der Waals surface area (Å²) in [7, 11) is 0.802. The lowest BCUT2D eigenvalue weighted by Crippen LogP contribution is -2.45. The summed E-state index contributed by atoms with van der Waals surface area (Å²) in [6.07, 6.45) is 11.4. The summed E-state index contributed by atoms with van der Waals surface area (Å²) >= 11 is 0. The van der Waals surface area contributed by atoms with Gasteiger partial charge in [-0.25, -0.2) is 0 Å². The monoisotopic (exact) mass is 318 g/mol. The molecular weight excluding hydrogens is 279 g/mol. The van der Waals surface area contributed by atoms with Gasteiger partial charge in [0.15, 0.2) is 0 Å². The SMILES string of the molecule is CC1(BN)CCCCCCC(C)(C(C)(C)C(C)(C)C#N)CCC1. The Hall–Kier alpha value is -0.485. The maximum Gasteiger partial charge on any atom is 0.204 e. The molecule has 0 radical (unpaired) electrons. The number of hydrogen-bond donors (Lipinski definition) is 1. The van der Waals surface area contributed by atoms with Crippen LogP contribution in [0.4, 0.5) is 0 Å². The molecular formula is C20H39BN2. The highest BCUT2D eigenvalue weighted by atomic mass is 14.5. The molecule has 2 atom stereocenters. The van der Waals surface area contributed by atoms with Crippen LogP contribution in [0.5, 0.6) is 0 Å². The molecule has 2 nitrogen and oxygen atoms in total. The summed E-state index contributed by atoms with van der Waals surface area (Å²) in [6, 6.07) is 2.59. The molecule has 0 heterocycles. The van der Waals surface area contributed by atoms with Gasteiger partial charge < -0.3 is 5.64 Å². The van der Waals surface area contributed by atoms with E-state index in [4.69, 9.17) is 5.64 Å². The summed E-state index contributed by atoms with van der Waals surface area (Å²) in [4.78, 5) is 0. The zero-order chi connectivity index (χ0) is 17.8. The van der Waals surface area contributed by atoms with Crippen molar-refractivity contribution in [2.45, 2.75) is 105 Å². The summed E-state index contributed by atoms with van der Waals surface area (Å²) in [5.74, 6) is 0. The fourth-order valence-electron chi connectivity index (χ4n) is 4.30. The molecule has 1 aliphatic carbocycles. The zero-order valence-corrected chi connectivity index (χ0v) is 16.6. The minimum absolute atomic E-state index is 0.00191. The van der Waals surface area contributed by atoms with Gasteiger partial charge in [-0.15, -0.1) is 0 Å². The van der Waals surface area contributed by atoms with Crippen molar-refractivity contribution in [2.75, 3.05) is 0 Å². The van der Waals surface area contributed by atoms with Crippen LogP contribution in [0.25, 0.3) is 0 Å². The first-order chi connectivity index (χ1) is 10.5. The van der Waals surface area contributed by atoms with E-state index in [1.807, 2.05) is 0 Å². The van der Waals surface area contributed by atoms with Crippen molar-refractivity contribution in [3.8, 4) is 6.07 Å². The van der Waals surface area contributed by atoms with Gasteiger partial charge in [-0.3, -0.25) is 0 Å². The summed E-state index contributed by atoms with van der Waals surface area (Å²) < 4.78 is 0. The van der Waals surface area contributed by atoms with Crippen LogP contribution in [0.1, 0.15) is 99.3 Å². The van der Waals surface area contributed by atoms with E-state index < -0.39 is 0 Å². The third-order valence-electron chi connectivity index (χ3n) is 7.61. The Balaban J connectivity index is 3.01. The minimum Gasteiger partial charge on any atom is -0.372 e. The fraction of sp³-hybridized carbons (Fsp3) is 0.950. The third-order valence-corrected chi connectivity index (χ3v) is 7.61. The van der Waals surface area contributed by atoms with Gasteiger partial charge in [-0.2, -0.15) is 5.26 Å². The normalized spacial score (nSPS) is 31.7. The molecule has 1 saturated carbocycles. The van der Waals surface area contributed by atoms with Crippen molar-refractivity contribution >= 4 is 7.41 Å². The third kappa shape index (κ3) is 4.53. The Morgan fingerprint density at radius 2 is 1.35 bits per heavy atom. The Labute approximate surface area is 145 Å². The maximum atomic E-state index is 9.70. The van der Waals surface area contributed by atoms with Crippen molar-refractivity contribution < 1.29 is 0 Å². The van der Waals surface area contributed by atoms with Crippen molar-refractivity contribution in [1.29, 1.82) is 5.26 Å². The molecule has 23 heavy (non-hydrogen) atoms. The lowest BCUT2D eigenvalue weighted by Gasteiger charge is -2.51. The van der Waals surface area contributed by atoms with Gasteiger partial charge in [0.25, 0.3) is 0 Å². The van der Waals surface area contributed by atoms with E-state index in [0.29, 0.717) is 5.31 Å². The predicted molar refractivity (Wildman–Crippen MR) is 103 cm³/mol. The summed E-state index contributed by atoms with van der Waals surface area (Å²) in [6.45, 7) is 13.7. The van der Waals surface area contributed by atoms with Crippen molar-refractivity contribution in [3.05, 3.63) is 0 Å². The molecule has 0 aromatic heterocycles. The largest absolute Gasteiger partial charge is 0.372 e. The van der Waals surface area contributed by atoms with Crippen LogP contribution < -0.4 is 5.64 Å². The van der Waals surface area contributed by atoms with Gasteiger partial charge in [0.05, 0.1) is 11.5 Å². The molecule has 0 aromatic rings. The van der Waals surface area contributed by atoms with Gasteiger partial charge in [0.2, 0.25) is 7.41 Å². The quantitative estimate of drug-likeness (QED) is 0.690. The van der Waals surface area contributed by atoms with Crippen molar-refractivity contribution in [1.82, 2.24) is 0 Å². The topological polar surface area (TPSA) is 49.8 Å². The van der Waals surface area contributed by atoms with Crippen molar-refractivity contribution in [2.24, 2.45) is 21.9 Å². The van der Waals surface area contributed by atoms with Crippen LogP contribution >= 0.6 is 0 Å². The zero-order valence-electron chi connectivity index (χ0n) is 16.6. The molecule has 0 spiro atoms. The molecule has 2 N–H and O–H groups in total. The van der Waals surface area contributed by atoms with Gasteiger partial charge in [-0.1, -0.05) is 72.6 Å². The van der Waals surface area contributed by atoms with Crippen LogP contribution in [0, 0.1) is 27.6 Å². The van der Waals surface area contributed by atoms with E-state index in [2.05, 4.69) is 47.6 Å². The second kappa shape index (κ2) is 7.60. The highest BCUT2D eigenvalue weighted by Gasteiger charge is 2.50. The van der Waals surface area contributed by atoms with Gasteiger partial charge in [0.1, 0.15) is 0 Å². The Morgan fingerprint density at radius 1 is 0.870 bits per heavy atom. The lowest BCUT2D eigenvalue weighted by molar-refractivity contribution is -0.0162. The fourth-order valence-corrected chi connectivity index (χ4v) is 4.30. The molecule has 0 bridgehead atoms. The number of nitrogens with zero attached hydrogens (tertiary/aromatic N) is 1. The molecule has 0 saturated heterocycles. The number of hydrogen-bond acceptors (Lipinski definition) is 2. The van der Waals surface area contributed by atoms with Crippen molar-refractivity contribution in [3.63, 3.8) is 0 Å². The summed E-state index contributed by atoms with van der Waals surface area (Å²) in [5, 5.41) is 10.0. The summed E-state index contributed by atoms with van der Waals surface area (Å²) in [5.41, 5.74) is 6.00. The van der Waals surface area contributed by atoms with E-state index >= 15 is 0 Å². The average Bonchev–Trinajstić information content (AvgIpc) is 2.53. The minimum atomic E-state index is -0.306. The highest BCUT2D eigenvalue weighted by molar-refractivity contribution is 6.35. The Kier molecular flexibility index (Phi) is 6.79. The average molecular weight is 318 g/mol. The Morgan fingerprint density at radius 3 is 1.87 bits per heavy atom. The van der Waals surface area contributed by atoms with Crippen LogP contribution in [0.3, 0.4) is 0 Å². The van der Waals surface area contributed by atoms with Gasteiger partial charge in [0, 0.05) is 0 Å². The van der Waals surface area contributed by atoms with E-state index in [1.165, 1.54) is 57.8 Å². The molecule has 0 aromatic carbocycles. The Bertz CT molecular complexity index is 424. The van der Waals surface area contributed by atoms with Crippen LogP contribution in [0.15, 0.2) is 0 Å². The molecule has 0 aliphatic heterocycles. The molecule has 1 fully saturated rings. The lowest BCUT2D eigenvalue weighted by atomic mass is 9.51.